The van der Waals surface area contributed by atoms with Crippen LogP contribution in [0.25, 0.3) is 11.1 Å². The molecule has 1 atom stereocenters. The summed E-state index contributed by atoms with van der Waals surface area (Å²) in [7, 11) is 0. The molecule has 4 aromatic rings. The molecule has 4 aromatic carbocycles. The van der Waals surface area contributed by atoms with Crippen molar-refractivity contribution in [2.24, 2.45) is 5.92 Å². The van der Waals surface area contributed by atoms with Crippen molar-refractivity contribution in [2.45, 2.75) is 32.1 Å². The van der Waals surface area contributed by atoms with Crippen LogP contribution in [-0.2, 0) is 4.79 Å². The van der Waals surface area contributed by atoms with E-state index in [0.29, 0.717) is 23.0 Å². The summed E-state index contributed by atoms with van der Waals surface area (Å²) < 4.78 is 0. The Bertz CT molecular complexity index is 1450. The maximum atomic E-state index is 13.2. The first kappa shape index (κ1) is 28.4. The first-order valence-corrected chi connectivity index (χ1v) is 14.7. The highest BCUT2D eigenvalue weighted by atomic mass is 35.5. The van der Waals surface area contributed by atoms with Gasteiger partial charge in [0.1, 0.15) is 0 Å². The Morgan fingerprint density at radius 1 is 0.854 bits per heavy atom. The van der Waals surface area contributed by atoms with Crippen molar-refractivity contribution in [1.29, 1.82) is 0 Å². The Morgan fingerprint density at radius 3 is 2.20 bits per heavy atom. The maximum absolute atomic E-state index is 13.2. The molecule has 1 heterocycles. The van der Waals surface area contributed by atoms with Gasteiger partial charge in [-0.1, -0.05) is 79.2 Å². The van der Waals surface area contributed by atoms with Crippen molar-refractivity contribution >= 4 is 34.8 Å². The second-order valence-corrected chi connectivity index (χ2v) is 11.0. The Kier molecular flexibility index (Phi) is 9.37. The van der Waals surface area contributed by atoms with Crippen LogP contribution in [0, 0.1) is 5.92 Å². The largest absolute Gasteiger partial charge is 0.372 e. The third-order valence-electron chi connectivity index (χ3n) is 7.82. The van der Waals surface area contributed by atoms with Crippen LogP contribution in [0.5, 0.6) is 0 Å². The van der Waals surface area contributed by atoms with E-state index in [4.69, 9.17) is 11.6 Å². The predicted octanol–water partition coefficient (Wildman–Crippen LogP) is 7.79. The molecule has 1 saturated heterocycles. The van der Waals surface area contributed by atoms with Gasteiger partial charge in [0, 0.05) is 41.6 Å². The summed E-state index contributed by atoms with van der Waals surface area (Å²) in [5.41, 5.74) is 5.37. The summed E-state index contributed by atoms with van der Waals surface area (Å²) in [6, 6.07) is 33.3. The summed E-state index contributed by atoms with van der Waals surface area (Å²) in [4.78, 5) is 28.7. The number of hydrogen-bond acceptors (Lipinski definition) is 3. The lowest BCUT2D eigenvalue weighted by Gasteiger charge is -2.37. The van der Waals surface area contributed by atoms with E-state index in [1.54, 1.807) is 0 Å². The van der Waals surface area contributed by atoms with Gasteiger partial charge >= 0.3 is 0 Å². The van der Waals surface area contributed by atoms with Gasteiger partial charge in [-0.25, -0.2) is 0 Å². The molecule has 41 heavy (non-hydrogen) atoms. The number of carbonyl (C=O) groups excluding carboxylic acids is 2. The fourth-order valence-corrected chi connectivity index (χ4v) is 5.79. The first-order valence-electron chi connectivity index (χ1n) is 14.4. The van der Waals surface area contributed by atoms with Crippen molar-refractivity contribution in [3.63, 3.8) is 0 Å². The van der Waals surface area contributed by atoms with E-state index in [-0.39, 0.29) is 17.7 Å². The second-order valence-electron chi connectivity index (χ2n) is 10.6. The van der Waals surface area contributed by atoms with Crippen LogP contribution in [0.2, 0.25) is 5.02 Å². The van der Waals surface area contributed by atoms with Crippen LogP contribution in [0.3, 0.4) is 0 Å². The average molecular weight is 566 g/mol. The molecule has 0 saturated carbocycles. The number of amides is 2. The SMILES string of the molecule is CCCNC(=O)C(c1ccccc1)C1CCN(c2ccc(NC(=O)c3ccccc3-c3ccc(Cl)cc3)cc2)CC1. The van der Waals surface area contributed by atoms with Crippen LogP contribution < -0.4 is 15.5 Å². The van der Waals surface area contributed by atoms with Crippen LogP contribution in [0.15, 0.2) is 103 Å². The third kappa shape index (κ3) is 6.98. The molecule has 5 nitrogen and oxygen atoms in total. The minimum absolute atomic E-state index is 0.127. The van der Waals surface area contributed by atoms with Gasteiger partial charge in [0.05, 0.1) is 5.92 Å². The lowest BCUT2D eigenvalue weighted by molar-refractivity contribution is -0.124. The van der Waals surface area contributed by atoms with Gasteiger partial charge in [-0.3, -0.25) is 9.59 Å². The van der Waals surface area contributed by atoms with Crippen molar-refractivity contribution in [3.8, 4) is 11.1 Å². The highest BCUT2D eigenvalue weighted by molar-refractivity contribution is 6.30. The number of anilines is 2. The van der Waals surface area contributed by atoms with Crippen LogP contribution in [-0.4, -0.2) is 31.4 Å². The molecule has 1 unspecified atom stereocenters. The van der Waals surface area contributed by atoms with E-state index < -0.39 is 0 Å². The lowest BCUT2D eigenvalue weighted by atomic mass is 9.79. The zero-order valence-electron chi connectivity index (χ0n) is 23.4. The summed E-state index contributed by atoms with van der Waals surface area (Å²) >= 11 is 6.05. The molecule has 2 amide bonds. The number of piperidine rings is 1. The average Bonchev–Trinajstić information content (AvgIpc) is 3.02. The molecule has 1 fully saturated rings. The Labute approximate surface area is 247 Å². The van der Waals surface area contributed by atoms with Crippen molar-refractivity contribution in [2.75, 3.05) is 29.9 Å². The highest BCUT2D eigenvalue weighted by Gasteiger charge is 2.32. The maximum Gasteiger partial charge on any atom is 0.256 e. The number of benzene rings is 4. The minimum atomic E-state index is -0.155. The second kappa shape index (κ2) is 13.5. The minimum Gasteiger partial charge on any atom is -0.372 e. The Hall–Kier alpha value is -4.09. The molecule has 0 spiro atoms. The van der Waals surface area contributed by atoms with Crippen molar-refractivity contribution < 1.29 is 9.59 Å². The lowest BCUT2D eigenvalue weighted by Crippen LogP contribution is -2.40. The van der Waals surface area contributed by atoms with Gasteiger partial charge in [0.25, 0.3) is 5.91 Å². The molecule has 1 aliphatic heterocycles. The Balaban J connectivity index is 1.22. The number of carbonyl (C=O) groups is 2. The third-order valence-corrected chi connectivity index (χ3v) is 8.07. The molecule has 6 heteroatoms. The quantitative estimate of drug-likeness (QED) is 0.218. The van der Waals surface area contributed by atoms with Gasteiger partial charge in [-0.2, -0.15) is 0 Å². The van der Waals surface area contributed by atoms with E-state index in [0.717, 1.165) is 60.4 Å². The first-order chi connectivity index (χ1) is 20.0. The smallest absolute Gasteiger partial charge is 0.256 e. The molecule has 0 aliphatic carbocycles. The highest BCUT2D eigenvalue weighted by Crippen LogP contribution is 2.35. The molecule has 0 aromatic heterocycles. The molecule has 210 valence electrons. The summed E-state index contributed by atoms with van der Waals surface area (Å²) in [6.45, 7) is 4.55. The molecule has 2 N–H and O–H groups in total. The van der Waals surface area contributed by atoms with E-state index in [1.165, 1.54) is 0 Å². The van der Waals surface area contributed by atoms with Gasteiger partial charge in [-0.15, -0.1) is 0 Å². The predicted molar refractivity (Wildman–Crippen MR) is 169 cm³/mol. The standard InChI is InChI=1S/C35H36ClN3O2/c1-2-22-37-35(41)33(26-8-4-3-5-9-26)27-20-23-39(24-21-27)30-18-16-29(17-19-30)38-34(40)32-11-7-6-10-31(32)25-12-14-28(36)15-13-25/h3-19,27,33H,2,20-24H2,1H3,(H,37,41)(H,38,40). The van der Waals surface area contributed by atoms with Crippen LogP contribution in [0.1, 0.15) is 48.0 Å². The zero-order valence-corrected chi connectivity index (χ0v) is 24.1. The molecule has 1 aliphatic rings. The van der Waals surface area contributed by atoms with Crippen LogP contribution >= 0.6 is 11.6 Å². The summed E-state index contributed by atoms with van der Waals surface area (Å²) in [5, 5.41) is 6.84. The van der Waals surface area contributed by atoms with Gasteiger partial charge in [-0.05, 0) is 84.3 Å². The molecular weight excluding hydrogens is 530 g/mol. The number of nitrogens with zero attached hydrogens (tertiary/aromatic N) is 1. The fourth-order valence-electron chi connectivity index (χ4n) is 5.66. The Morgan fingerprint density at radius 2 is 1.51 bits per heavy atom. The molecule has 0 bridgehead atoms. The van der Waals surface area contributed by atoms with Gasteiger partial charge < -0.3 is 15.5 Å². The topological polar surface area (TPSA) is 61.4 Å². The number of rotatable bonds is 9. The summed E-state index contributed by atoms with van der Waals surface area (Å²) in [6.07, 6.45) is 2.81. The van der Waals surface area contributed by atoms with Crippen molar-refractivity contribution in [1.82, 2.24) is 5.32 Å². The van der Waals surface area contributed by atoms with E-state index >= 15 is 0 Å². The zero-order chi connectivity index (χ0) is 28.6. The number of hydrogen-bond donors (Lipinski definition) is 2. The molecule has 0 radical (unpaired) electrons. The van der Waals surface area contributed by atoms with E-state index in [9.17, 15) is 9.59 Å². The number of nitrogens with one attached hydrogen (secondary N) is 2. The van der Waals surface area contributed by atoms with Crippen LogP contribution in [0.4, 0.5) is 11.4 Å². The number of halogens is 1. The molecule has 5 rings (SSSR count). The van der Waals surface area contributed by atoms with Gasteiger partial charge in [0.15, 0.2) is 0 Å². The monoisotopic (exact) mass is 565 g/mol. The van der Waals surface area contributed by atoms with E-state index in [1.807, 2.05) is 78.9 Å². The van der Waals surface area contributed by atoms with E-state index in [2.05, 4.69) is 46.7 Å². The van der Waals surface area contributed by atoms with Gasteiger partial charge in [0.2, 0.25) is 5.91 Å². The summed E-state index contributed by atoms with van der Waals surface area (Å²) in [5.74, 6) is 0.148. The molecular formula is C35H36ClN3O2. The van der Waals surface area contributed by atoms with Crippen molar-refractivity contribution in [3.05, 3.63) is 119 Å². The fraction of sp³-hybridized carbons (Fsp3) is 0.257. The normalized spacial score (nSPS) is 14.3.